The molecule has 1 atom stereocenters. The van der Waals surface area contributed by atoms with Gasteiger partial charge in [-0.1, -0.05) is 18.2 Å². The lowest BCUT2D eigenvalue weighted by Gasteiger charge is -2.35. The molecule has 4 heteroatoms. The smallest absolute Gasteiger partial charge is 0.128 e. The Labute approximate surface area is 116 Å². The summed E-state index contributed by atoms with van der Waals surface area (Å²) < 4.78 is 14.1. The standard InChI is InChI=1S/C15H17FN2S/c16-14-4-2-1-3-13(14)15(12-5-10-19-11-12)18-8-6-17-7-9-18/h1-5,10-11,15,17H,6-9H2/t15-/m0/s1. The van der Waals surface area contributed by atoms with E-state index in [1.165, 1.54) is 5.56 Å². The normalized spacial score (nSPS) is 18.4. The summed E-state index contributed by atoms with van der Waals surface area (Å²) in [5.41, 5.74) is 1.97. The minimum absolute atomic E-state index is 0.0366. The summed E-state index contributed by atoms with van der Waals surface area (Å²) in [6.07, 6.45) is 0. The highest BCUT2D eigenvalue weighted by Crippen LogP contribution is 2.31. The van der Waals surface area contributed by atoms with Crippen LogP contribution in [0.4, 0.5) is 4.39 Å². The van der Waals surface area contributed by atoms with Crippen molar-refractivity contribution >= 4 is 11.3 Å². The third kappa shape index (κ3) is 2.71. The van der Waals surface area contributed by atoms with E-state index in [-0.39, 0.29) is 11.9 Å². The minimum Gasteiger partial charge on any atom is -0.314 e. The molecule has 0 aliphatic carbocycles. The third-order valence-electron chi connectivity index (χ3n) is 3.58. The number of thiophene rings is 1. The number of nitrogens with zero attached hydrogens (tertiary/aromatic N) is 1. The number of hydrogen-bond acceptors (Lipinski definition) is 3. The van der Waals surface area contributed by atoms with E-state index in [1.54, 1.807) is 23.5 Å². The van der Waals surface area contributed by atoms with E-state index in [1.807, 2.05) is 12.1 Å². The van der Waals surface area contributed by atoms with Crippen molar-refractivity contribution in [3.63, 3.8) is 0 Å². The first-order chi connectivity index (χ1) is 9.36. The topological polar surface area (TPSA) is 15.3 Å². The fourth-order valence-corrected chi connectivity index (χ4v) is 3.33. The number of benzene rings is 1. The van der Waals surface area contributed by atoms with Crippen molar-refractivity contribution in [1.29, 1.82) is 0 Å². The zero-order valence-corrected chi connectivity index (χ0v) is 11.5. The molecule has 0 bridgehead atoms. The van der Waals surface area contributed by atoms with Crippen molar-refractivity contribution in [3.8, 4) is 0 Å². The molecule has 2 aromatic rings. The maximum atomic E-state index is 14.1. The highest BCUT2D eigenvalue weighted by atomic mass is 32.1. The van der Waals surface area contributed by atoms with E-state index < -0.39 is 0 Å². The van der Waals surface area contributed by atoms with Crippen LogP contribution in [-0.4, -0.2) is 31.1 Å². The summed E-state index contributed by atoms with van der Waals surface area (Å²) in [6.45, 7) is 3.84. The van der Waals surface area contributed by atoms with Gasteiger partial charge in [-0.25, -0.2) is 4.39 Å². The number of nitrogens with one attached hydrogen (secondary N) is 1. The zero-order valence-electron chi connectivity index (χ0n) is 10.7. The molecular weight excluding hydrogens is 259 g/mol. The van der Waals surface area contributed by atoms with E-state index in [9.17, 15) is 4.39 Å². The van der Waals surface area contributed by atoms with Crippen LogP contribution < -0.4 is 5.32 Å². The quantitative estimate of drug-likeness (QED) is 0.927. The molecule has 3 rings (SSSR count). The number of halogens is 1. The zero-order chi connectivity index (χ0) is 13.1. The number of piperazine rings is 1. The van der Waals surface area contributed by atoms with E-state index >= 15 is 0 Å². The first kappa shape index (κ1) is 12.8. The van der Waals surface area contributed by atoms with Gasteiger partial charge in [0.1, 0.15) is 5.82 Å². The van der Waals surface area contributed by atoms with E-state index in [0.717, 1.165) is 31.7 Å². The Balaban J connectivity index is 1.99. The molecule has 1 fully saturated rings. The summed E-state index contributed by atoms with van der Waals surface area (Å²) in [5, 5.41) is 7.53. The minimum atomic E-state index is -0.114. The van der Waals surface area contributed by atoms with Gasteiger partial charge in [-0.15, -0.1) is 0 Å². The van der Waals surface area contributed by atoms with Gasteiger partial charge in [-0.3, -0.25) is 4.90 Å². The molecule has 0 saturated carbocycles. The van der Waals surface area contributed by atoms with Crippen LogP contribution in [0.5, 0.6) is 0 Å². The van der Waals surface area contributed by atoms with Crippen LogP contribution in [0.1, 0.15) is 17.2 Å². The Morgan fingerprint density at radius 3 is 2.63 bits per heavy atom. The average molecular weight is 276 g/mol. The Morgan fingerprint density at radius 1 is 1.16 bits per heavy atom. The van der Waals surface area contributed by atoms with Crippen LogP contribution in [0.15, 0.2) is 41.1 Å². The van der Waals surface area contributed by atoms with Crippen molar-refractivity contribution in [1.82, 2.24) is 10.2 Å². The van der Waals surface area contributed by atoms with Crippen molar-refractivity contribution in [3.05, 3.63) is 58.0 Å². The molecule has 0 spiro atoms. The van der Waals surface area contributed by atoms with Gasteiger partial charge in [0.15, 0.2) is 0 Å². The van der Waals surface area contributed by atoms with Crippen molar-refractivity contribution in [2.24, 2.45) is 0 Å². The highest BCUT2D eigenvalue weighted by Gasteiger charge is 2.26. The second-order valence-electron chi connectivity index (χ2n) is 4.77. The summed E-state index contributed by atoms with van der Waals surface area (Å²) in [5.74, 6) is -0.114. The first-order valence-electron chi connectivity index (χ1n) is 6.57. The maximum Gasteiger partial charge on any atom is 0.128 e. The third-order valence-corrected chi connectivity index (χ3v) is 4.28. The van der Waals surface area contributed by atoms with E-state index in [2.05, 4.69) is 27.0 Å². The molecule has 100 valence electrons. The highest BCUT2D eigenvalue weighted by molar-refractivity contribution is 7.08. The van der Waals surface area contributed by atoms with Crippen LogP contribution in [0.3, 0.4) is 0 Å². The Bertz CT molecular complexity index is 521. The first-order valence-corrected chi connectivity index (χ1v) is 7.52. The maximum absolute atomic E-state index is 14.1. The monoisotopic (exact) mass is 276 g/mol. The molecule has 1 aliphatic rings. The molecule has 1 saturated heterocycles. The average Bonchev–Trinajstić information content (AvgIpc) is 2.96. The number of rotatable bonds is 3. The summed E-state index contributed by atoms with van der Waals surface area (Å²) in [6, 6.07) is 9.26. The lowest BCUT2D eigenvalue weighted by atomic mass is 9.98. The van der Waals surface area contributed by atoms with E-state index in [0.29, 0.717) is 0 Å². The molecule has 0 amide bonds. The molecule has 1 aliphatic heterocycles. The van der Waals surface area contributed by atoms with Crippen molar-refractivity contribution in [2.45, 2.75) is 6.04 Å². The van der Waals surface area contributed by atoms with Gasteiger partial charge in [-0.2, -0.15) is 11.3 Å². The van der Waals surface area contributed by atoms with Gasteiger partial charge in [0, 0.05) is 31.7 Å². The van der Waals surface area contributed by atoms with Gasteiger partial charge in [0.25, 0.3) is 0 Å². The Kier molecular flexibility index (Phi) is 3.92. The predicted molar refractivity (Wildman–Crippen MR) is 77.0 cm³/mol. The molecule has 2 nitrogen and oxygen atoms in total. The lowest BCUT2D eigenvalue weighted by Crippen LogP contribution is -2.45. The van der Waals surface area contributed by atoms with Gasteiger partial charge >= 0.3 is 0 Å². The number of hydrogen-bond donors (Lipinski definition) is 1. The Hall–Kier alpha value is -1.23. The summed E-state index contributed by atoms with van der Waals surface area (Å²) in [7, 11) is 0. The largest absolute Gasteiger partial charge is 0.314 e. The SMILES string of the molecule is Fc1ccccc1[C@H](c1ccsc1)N1CCNCC1. The summed E-state index contributed by atoms with van der Waals surface area (Å²) in [4.78, 5) is 2.36. The second-order valence-corrected chi connectivity index (χ2v) is 5.55. The van der Waals surface area contributed by atoms with Crippen molar-refractivity contribution in [2.75, 3.05) is 26.2 Å². The molecule has 0 radical (unpaired) electrons. The fraction of sp³-hybridized carbons (Fsp3) is 0.333. The van der Waals surface area contributed by atoms with Crippen LogP contribution in [0.25, 0.3) is 0 Å². The fourth-order valence-electron chi connectivity index (χ4n) is 2.65. The predicted octanol–water partition coefficient (Wildman–Crippen LogP) is 2.88. The van der Waals surface area contributed by atoms with Gasteiger partial charge < -0.3 is 5.32 Å². The van der Waals surface area contributed by atoms with Crippen LogP contribution in [0, 0.1) is 5.82 Å². The molecule has 1 aromatic carbocycles. The molecule has 1 aromatic heterocycles. The lowest BCUT2D eigenvalue weighted by molar-refractivity contribution is 0.195. The molecule has 19 heavy (non-hydrogen) atoms. The molecular formula is C15H17FN2S. The van der Waals surface area contributed by atoms with Gasteiger partial charge in [0.2, 0.25) is 0 Å². The van der Waals surface area contributed by atoms with Crippen LogP contribution >= 0.6 is 11.3 Å². The Morgan fingerprint density at radius 2 is 1.95 bits per heavy atom. The summed E-state index contributed by atoms with van der Waals surface area (Å²) >= 11 is 1.67. The molecule has 0 unspecified atom stereocenters. The van der Waals surface area contributed by atoms with Gasteiger partial charge in [-0.05, 0) is 28.5 Å². The molecule has 1 N–H and O–H groups in total. The molecule has 2 heterocycles. The van der Waals surface area contributed by atoms with Gasteiger partial charge in [0.05, 0.1) is 6.04 Å². The van der Waals surface area contributed by atoms with Crippen LogP contribution in [-0.2, 0) is 0 Å². The second kappa shape index (κ2) is 5.82. The van der Waals surface area contributed by atoms with Crippen LogP contribution in [0.2, 0.25) is 0 Å². The van der Waals surface area contributed by atoms with E-state index in [4.69, 9.17) is 0 Å². The van der Waals surface area contributed by atoms with Crippen molar-refractivity contribution < 1.29 is 4.39 Å².